The van der Waals surface area contributed by atoms with Gasteiger partial charge in [0.1, 0.15) is 0 Å². The summed E-state index contributed by atoms with van der Waals surface area (Å²) in [6.45, 7) is 0. The van der Waals surface area contributed by atoms with Crippen LogP contribution in [0.25, 0.3) is 97.7 Å². The topological polar surface area (TPSA) is 35.6 Å². The van der Waals surface area contributed by atoms with E-state index >= 15 is 0 Å². The van der Waals surface area contributed by atoms with Gasteiger partial charge in [-0.3, -0.25) is 9.55 Å². The van der Waals surface area contributed by atoms with Crippen molar-refractivity contribution in [1.29, 1.82) is 0 Å². The molecule has 0 aliphatic carbocycles. The fourth-order valence-electron chi connectivity index (χ4n) is 7.97. The molecule has 0 saturated heterocycles. The van der Waals surface area contributed by atoms with Crippen LogP contribution in [-0.2, 0) is 0 Å². The molecule has 0 atom stereocenters. The highest BCUT2D eigenvalue weighted by molar-refractivity contribution is 7.26. The van der Waals surface area contributed by atoms with Crippen molar-refractivity contribution in [2.24, 2.45) is 0 Å². The molecule has 0 bridgehead atoms. The second-order valence-corrected chi connectivity index (χ2v) is 14.1. The molecule has 238 valence electrons. The maximum Gasteiger partial charge on any atom is 0.156 e. The Hall–Kier alpha value is -6.56. The molecule has 0 N–H and O–H groups in total. The fourth-order valence-corrected chi connectivity index (χ4v) is 9.21. The van der Waals surface area contributed by atoms with Crippen LogP contribution in [0.1, 0.15) is 0 Å². The van der Waals surface area contributed by atoms with Gasteiger partial charge < -0.3 is 4.57 Å². The first-order chi connectivity index (χ1) is 25.3. The number of hydrogen-bond donors (Lipinski definition) is 0. The molecule has 0 radical (unpaired) electrons. The molecular formula is C46H28N4S. The Balaban J connectivity index is 1.06. The standard InChI is InChI=1S/C46H28N4S/c1-5-19-40-33(13-1)34-14-2-6-20-41(34)49(40)31-23-24-43-38(26-31)35-15-3-7-21-42(35)50(43)45-28-47-27-39(48-45)30-12-9-11-29(25-30)32-17-10-18-37-36-16-4-8-22-44(36)51-46(32)37/h1-28H. The van der Waals surface area contributed by atoms with Gasteiger partial charge in [0.2, 0.25) is 0 Å². The summed E-state index contributed by atoms with van der Waals surface area (Å²) in [6, 6.07) is 56.7. The summed E-state index contributed by atoms with van der Waals surface area (Å²) in [6.07, 6.45) is 3.74. The van der Waals surface area contributed by atoms with E-state index in [0.29, 0.717) is 0 Å². The highest BCUT2D eigenvalue weighted by atomic mass is 32.1. The molecular weight excluding hydrogens is 641 g/mol. The fraction of sp³-hybridized carbons (Fsp3) is 0. The summed E-state index contributed by atoms with van der Waals surface area (Å²) in [5.41, 5.74) is 10.0. The van der Waals surface area contributed by atoms with Crippen LogP contribution >= 0.6 is 11.3 Å². The van der Waals surface area contributed by atoms with Crippen molar-refractivity contribution in [3.8, 4) is 33.9 Å². The van der Waals surface area contributed by atoms with E-state index in [1.165, 1.54) is 63.9 Å². The summed E-state index contributed by atoms with van der Waals surface area (Å²) in [5, 5.41) is 7.48. The molecule has 51 heavy (non-hydrogen) atoms. The molecule has 0 unspecified atom stereocenters. The molecule has 0 aliphatic heterocycles. The van der Waals surface area contributed by atoms with Crippen LogP contribution in [0, 0.1) is 0 Å². The Kier molecular flexibility index (Phi) is 6.09. The van der Waals surface area contributed by atoms with E-state index in [4.69, 9.17) is 9.97 Å². The van der Waals surface area contributed by atoms with Crippen LogP contribution < -0.4 is 0 Å². The number of para-hydroxylation sites is 3. The van der Waals surface area contributed by atoms with Gasteiger partial charge >= 0.3 is 0 Å². The Bertz CT molecular complexity index is 3110. The predicted molar refractivity (Wildman–Crippen MR) is 214 cm³/mol. The molecule has 0 spiro atoms. The van der Waals surface area contributed by atoms with Crippen LogP contribution in [0.15, 0.2) is 170 Å². The molecule has 4 aromatic heterocycles. The van der Waals surface area contributed by atoms with Crippen molar-refractivity contribution >= 4 is 75.1 Å². The molecule has 4 heterocycles. The van der Waals surface area contributed by atoms with Crippen LogP contribution in [0.3, 0.4) is 0 Å². The van der Waals surface area contributed by atoms with Crippen LogP contribution in [-0.4, -0.2) is 19.1 Å². The van der Waals surface area contributed by atoms with Gasteiger partial charge in [-0.25, -0.2) is 4.98 Å². The van der Waals surface area contributed by atoms with Crippen molar-refractivity contribution < 1.29 is 0 Å². The zero-order chi connectivity index (χ0) is 33.5. The summed E-state index contributed by atoms with van der Waals surface area (Å²) in [7, 11) is 0. The largest absolute Gasteiger partial charge is 0.309 e. The molecule has 7 aromatic carbocycles. The minimum absolute atomic E-state index is 0.792. The van der Waals surface area contributed by atoms with Crippen molar-refractivity contribution in [2.45, 2.75) is 0 Å². The Labute approximate surface area is 297 Å². The monoisotopic (exact) mass is 668 g/mol. The van der Waals surface area contributed by atoms with E-state index in [1.54, 1.807) is 0 Å². The maximum atomic E-state index is 5.27. The van der Waals surface area contributed by atoms with E-state index in [-0.39, 0.29) is 0 Å². The van der Waals surface area contributed by atoms with Gasteiger partial charge in [-0.1, -0.05) is 109 Å². The van der Waals surface area contributed by atoms with Crippen molar-refractivity contribution in [1.82, 2.24) is 19.1 Å². The lowest BCUT2D eigenvalue weighted by atomic mass is 10.00. The van der Waals surface area contributed by atoms with E-state index in [1.807, 2.05) is 23.7 Å². The lowest BCUT2D eigenvalue weighted by molar-refractivity contribution is 1.05. The average molecular weight is 669 g/mol. The highest BCUT2D eigenvalue weighted by Crippen LogP contribution is 2.41. The van der Waals surface area contributed by atoms with Crippen LogP contribution in [0.2, 0.25) is 0 Å². The van der Waals surface area contributed by atoms with Gasteiger partial charge in [-0.15, -0.1) is 11.3 Å². The third kappa shape index (κ3) is 4.25. The molecule has 0 fully saturated rings. The Morgan fingerprint density at radius 1 is 0.431 bits per heavy atom. The minimum Gasteiger partial charge on any atom is -0.309 e. The normalized spacial score (nSPS) is 11.9. The first-order valence-corrected chi connectivity index (χ1v) is 18.0. The molecule has 0 amide bonds. The summed E-state index contributed by atoms with van der Waals surface area (Å²) < 4.78 is 7.24. The van der Waals surface area contributed by atoms with Crippen molar-refractivity contribution in [3.63, 3.8) is 0 Å². The van der Waals surface area contributed by atoms with E-state index in [0.717, 1.165) is 33.8 Å². The number of aromatic nitrogens is 4. The van der Waals surface area contributed by atoms with E-state index in [9.17, 15) is 0 Å². The summed E-state index contributed by atoms with van der Waals surface area (Å²) in [5.74, 6) is 0.792. The third-order valence-corrected chi connectivity index (χ3v) is 11.4. The van der Waals surface area contributed by atoms with Gasteiger partial charge in [-0.05, 0) is 59.7 Å². The van der Waals surface area contributed by atoms with Crippen LogP contribution in [0.4, 0.5) is 0 Å². The summed E-state index contributed by atoms with van der Waals surface area (Å²) in [4.78, 5) is 10.0. The highest BCUT2D eigenvalue weighted by Gasteiger charge is 2.18. The van der Waals surface area contributed by atoms with Crippen molar-refractivity contribution in [3.05, 3.63) is 170 Å². The molecule has 11 rings (SSSR count). The molecule has 4 nitrogen and oxygen atoms in total. The average Bonchev–Trinajstić information content (AvgIpc) is 3.86. The lowest BCUT2D eigenvalue weighted by Crippen LogP contribution is -2.00. The Morgan fingerprint density at radius 2 is 1.04 bits per heavy atom. The number of thiophene rings is 1. The Morgan fingerprint density at radius 3 is 1.82 bits per heavy atom. The zero-order valence-corrected chi connectivity index (χ0v) is 28.2. The van der Waals surface area contributed by atoms with Gasteiger partial charge in [0.25, 0.3) is 0 Å². The minimum atomic E-state index is 0.792. The first-order valence-electron chi connectivity index (χ1n) is 17.2. The van der Waals surface area contributed by atoms with Gasteiger partial charge in [0, 0.05) is 53.0 Å². The second kappa shape index (κ2) is 11.0. The smallest absolute Gasteiger partial charge is 0.156 e. The lowest BCUT2D eigenvalue weighted by Gasteiger charge is -2.11. The van der Waals surface area contributed by atoms with E-state index < -0.39 is 0 Å². The van der Waals surface area contributed by atoms with Crippen LogP contribution in [0.5, 0.6) is 0 Å². The first kappa shape index (κ1) is 28.3. The van der Waals surface area contributed by atoms with E-state index in [2.05, 4.69) is 167 Å². The zero-order valence-electron chi connectivity index (χ0n) is 27.4. The number of nitrogens with zero attached hydrogens (tertiary/aromatic N) is 4. The SMILES string of the molecule is c1cc(-c2cncc(-n3c4ccccc4c4cc(-n5c6ccccc6c6ccccc65)ccc43)n2)cc(-c2cccc3c2sc2ccccc23)c1. The van der Waals surface area contributed by atoms with Gasteiger partial charge in [0.15, 0.2) is 5.82 Å². The number of rotatable bonds is 4. The number of hydrogen-bond acceptors (Lipinski definition) is 3. The quantitative estimate of drug-likeness (QED) is 0.187. The molecule has 11 aromatic rings. The molecule has 0 aliphatic rings. The number of benzene rings is 7. The maximum absolute atomic E-state index is 5.27. The van der Waals surface area contributed by atoms with Crippen molar-refractivity contribution in [2.75, 3.05) is 0 Å². The molecule has 0 saturated carbocycles. The summed E-state index contributed by atoms with van der Waals surface area (Å²) >= 11 is 1.86. The molecule has 5 heteroatoms. The van der Waals surface area contributed by atoms with Gasteiger partial charge in [-0.2, -0.15) is 0 Å². The third-order valence-electron chi connectivity index (χ3n) is 10.2. The number of fused-ring (bicyclic) bond motifs is 9. The predicted octanol–water partition coefficient (Wildman–Crippen LogP) is 12.4. The van der Waals surface area contributed by atoms with Gasteiger partial charge in [0.05, 0.1) is 40.2 Å². The second-order valence-electron chi connectivity index (χ2n) is 13.0.